The third-order valence-electron chi connectivity index (χ3n) is 9.59. The Morgan fingerprint density at radius 2 is 1.26 bits per heavy atom. The molecule has 2 heterocycles. The van der Waals surface area contributed by atoms with Gasteiger partial charge in [0.2, 0.25) is 0 Å². The van der Waals surface area contributed by atoms with Crippen molar-refractivity contribution in [1.82, 2.24) is 9.38 Å². The van der Waals surface area contributed by atoms with E-state index in [1.54, 1.807) is 4.40 Å². The lowest BCUT2D eigenvalue weighted by Crippen LogP contribution is -2.14. The molecule has 4 nitrogen and oxygen atoms in total. The average molecular weight is 594 g/mol. The zero-order chi connectivity index (χ0) is 31.9. The molecule has 0 aliphatic carbocycles. The molecule has 0 bridgehead atoms. The minimum atomic E-state index is -0.132. The van der Waals surface area contributed by atoms with Crippen molar-refractivity contribution in [2.75, 3.05) is 0 Å². The highest BCUT2D eigenvalue weighted by Crippen LogP contribution is 2.42. The summed E-state index contributed by atoms with van der Waals surface area (Å²) in [6, 6.07) is 35.5. The van der Waals surface area contributed by atoms with Crippen molar-refractivity contribution in [3.05, 3.63) is 141 Å². The van der Waals surface area contributed by atoms with Gasteiger partial charge >= 0.3 is 0 Å². The summed E-state index contributed by atoms with van der Waals surface area (Å²) in [5.41, 5.74) is 14.7. The first kappa shape index (κ1) is 27.7. The molecular formula is C42H31N3O. The average Bonchev–Trinajstić information content (AvgIpc) is 3.43. The van der Waals surface area contributed by atoms with Gasteiger partial charge in [-0.15, -0.1) is 0 Å². The summed E-state index contributed by atoms with van der Waals surface area (Å²) in [5, 5.41) is 13.3. The molecule has 0 fully saturated rings. The van der Waals surface area contributed by atoms with E-state index in [1.807, 2.05) is 24.3 Å². The fourth-order valence-corrected chi connectivity index (χ4v) is 7.48. The van der Waals surface area contributed by atoms with Gasteiger partial charge in [0.1, 0.15) is 5.65 Å². The van der Waals surface area contributed by atoms with Crippen LogP contribution in [-0.4, -0.2) is 9.38 Å². The molecule has 2 aromatic heterocycles. The van der Waals surface area contributed by atoms with Crippen LogP contribution in [-0.2, 0) is 0 Å². The smallest absolute Gasteiger partial charge is 0.264 e. The lowest BCUT2D eigenvalue weighted by Gasteiger charge is -2.16. The normalized spacial score (nSPS) is 11.7. The highest BCUT2D eigenvalue weighted by molar-refractivity contribution is 6.21. The Hall–Kier alpha value is -5.79. The van der Waals surface area contributed by atoms with Crippen molar-refractivity contribution in [2.45, 2.75) is 34.6 Å². The molecule has 46 heavy (non-hydrogen) atoms. The van der Waals surface area contributed by atoms with Crippen LogP contribution in [0.25, 0.3) is 71.6 Å². The Kier molecular flexibility index (Phi) is 6.10. The SMILES string of the molecule is Cc1ccc(-c2ccc3c(=O)n4c(nc5cc(-c6c(C)cccc6C)cc(-c6c(C)cccc6C)c54)c4ccc(C#N)c2c34)cc1. The summed E-state index contributed by atoms with van der Waals surface area (Å²) in [5.74, 6) is 0. The molecule has 0 atom stereocenters. The van der Waals surface area contributed by atoms with Crippen LogP contribution in [0.4, 0.5) is 0 Å². The van der Waals surface area contributed by atoms with Gasteiger partial charge < -0.3 is 0 Å². The number of aryl methyl sites for hydroxylation is 5. The zero-order valence-electron chi connectivity index (χ0n) is 26.5. The van der Waals surface area contributed by atoms with Gasteiger partial charge in [0.25, 0.3) is 5.56 Å². The number of pyridine rings is 1. The number of hydrogen-bond acceptors (Lipinski definition) is 3. The van der Waals surface area contributed by atoms with E-state index in [0.29, 0.717) is 16.6 Å². The highest BCUT2D eigenvalue weighted by Gasteiger charge is 2.24. The van der Waals surface area contributed by atoms with E-state index in [-0.39, 0.29) is 5.56 Å². The van der Waals surface area contributed by atoms with E-state index < -0.39 is 0 Å². The molecule has 0 aliphatic heterocycles. The number of imidazole rings is 1. The van der Waals surface area contributed by atoms with Crippen molar-refractivity contribution in [3.63, 3.8) is 0 Å². The molecule has 4 heteroatoms. The maximum absolute atomic E-state index is 14.7. The lowest BCUT2D eigenvalue weighted by atomic mass is 9.89. The summed E-state index contributed by atoms with van der Waals surface area (Å²) >= 11 is 0. The van der Waals surface area contributed by atoms with Crippen molar-refractivity contribution in [1.29, 1.82) is 5.26 Å². The second-order valence-electron chi connectivity index (χ2n) is 12.6. The third kappa shape index (κ3) is 3.92. The van der Waals surface area contributed by atoms with E-state index in [0.717, 1.165) is 71.7 Å². The van der Waals surface area contributed by atoms with Crippen LogP contribution in [0.1, 0.15) is 33.4 Å². The van der Waals surface area contributed by atoms with Crippen LogP contribution >= 0.6 is 0 Å². The molecule has 0 aliphatic rings. The minimum absolute atomic E-state index is 0.132. The number of benzene rings is 6. The molecule has 0 amide bonds. The maximum Gasteiger partial charge on any atom is 0.264 e. The van der Waals surface area contributed by atoms with Crippen molar-refractivity contribution in [2.24, 2.45) is 0 Å². The minimum Gasteiger partial charge on any atom is -0.268 e. The number of fused-ring (bicyclic) bond motifs is 4. The summed E-state index contributed by atoms with van der Waals surface area (Å²) in [7, 11) is 0. The Labute approximate surface area is 267 Å². The number of nitrogens with zero attached hydrogens (tertiary/aromatic N) is 3. The number of rotatable bonds is 3. The van der Waals surface area contributed by atoms with Crippen LogP contribution in [0, 0.1) is 45.9 Å². The van der Waals surface area contributed by atoms with Gasteiger partial charge in [-0.2, -0.15) is 5.26 Å². The molecule has 0 N–H and O–H groups in total. The Balaban J connectivity index is 1.57. The van der Waals surface area contributed by atoms with Crippen LogP contribution in [0.15, 0.2) is 102 Å². The maximum atomic E-state index is 14.7. The molecule has 0 unspecified atom stereocenters. The molecule has 6 aromatic carbocycles. The van der Waals surface area contributed by atoms with E-state index in [2.05, 4.69) is 113 Å². The van der Waals surface area contributed by atoms with Crippen molar-refractivity contribution >= 4 is 38.2 Å². The standard InChI is InChI=1S/C42H31N3O/c1-23-12-14-28(15-13-23)31-18-19-33-39-32(17-16-29(22-43)38(31)39)41-44-35-21-30(36-24(2)8-6-9-25(36)3)20-34(40(35)45(41)42(33)46)37-26(4)10-7-11-27(37)5/h6-21H,1-5H3. The first-order valence-corrected chi connectivity index (χ1v) is 15.6. The van der Waals surface area contributed by atoms with Crippen LogP contribution in [0.5, 0.6) is 0 Å². The molecule has 220 valence electrons. The fourth-order valence-electron chi connectivity index (χ4n) is 7.48. The predicted molar refractivity (Wildman–Crippen MR) is 190 cm³/mol. The van der Waals surface area contributed by atoms with E-state index in [9.17, 15) is 10.1 Å². The monoisotopic (exact) mass is 593 g/mol. The second kappa shape index (κ2) is 10.1. The van der Waals surface area contributed by atoms with Gasteiger partial charge in [-0.05, 0) is 115 Å². The molecule has 8 rings (SSSR count). The molecule has 0 radical (unpaired) electrons. The first-order valence-electron chi connectivity index (χ1n) is 15.6. The zero-order valence-corrected chi connectivity index (χ0v) is 26.5. The molecule has 8 aromatic rings. The largest absolute Gasteiger partial charge is 0.268 e. The van der Waals surface area contributed by atoms with Gasteiger partial charge in [0.15, 0.2) is 0 Å². The van der Waals surface area contributed by atoms with Gasteiger partial charge in [-0.3, -0.25) is 9.20 Å². The van der Waals surface area contributed by atoms with E-state index >= 15 is 0 Å². The van der Waals surface area contributed by atoms with Gasteiger partial charge in [0.05, 0.1) is 22.7 Å². The van der Waals surface area contributed by atoms with Gasteiger partial charge in [0, 0.05) is 27.1 Å². The first-order chi connectivity index (χ1) is 22.3. The Morgan fingerprint density at radius 1 is 0.630 bits per heavy atom. The Morgan fingerprint density at radius 3 is 1.91 bits per heavy atom. The summed E-state index contributed by atoms with van der Waals surface area (Å²) in [6.07, 6.45) is 0. The second-order valence-corrected chi connectivity index (χ2v) is 12.6. The van der Waals surface area contributed by atoms with E-state index in [4.69, 9.17) is 4.98 Å². The quantitative estimate of drug-likeness (QED) is 0.205. The summed E-state index contributed by atoms with van der Waals surface area (Å²) in [6.45, 7) is 10.6. The predicted octanol–water partition coefficient (Wildman–Crippen LogP) is 10.0. The number of nitriles is 1. The fraction of sp³-hybridized carbons (Fsp3) is 0.119. The van der Waals surface area contributed by atoms with Crippen molar-refractivity contribution in [3.8, 4) is 39.4 Å². The summed E-state index contributed by atoms with van der Waals surface area (Å²) < 4.78 is 1.81. The molecule has 0 saturated carbocycles. The highest BCUT2D eigenvalue weighted by atomic mass is 16.1. The lowest BCUT2D eigenvalue weighted by molar-refractivity contribution is 1.19. The van der Waals surface area contributed by atoms with Gasteiger partial charge in [-0.1, -0.05) is 72.3 Å². The van der Waals surface area contributed by atoms with E-state index in [1.165, 1.54) is 16.7 Å². The molecular weight excluding hydrogens is 562 g/mol. The topological polar surface area (TPSA) is 58.2 Å². The third-order valence-corrected chi connectivity index (χ3v) is 9.59. The number of hydrogen-bond donors (Lipinski definition) is 0. The molecule has 0 saturated heterocycles. The molecule has 0 spiro atoms. The summed E-state index contributed by atoms with van der Waals surface area (Å²) in [4.78, 5) is 20.0. The van der Waals surface area contributed by atoms with Gasteiger partial charge in [-0.25, -0.2) is 4.98 Å². The number of aromatic nitrogens is 2. The Bertz CT molecular complexity index is 2610. The van der Waals surface area contributed by atoms with Crippen LogP contribution in [0.2, 0.25) is 0 Å². The van der Waals surface area contributed by atoms with Crippen LogP contribution < -0.4 is 5.56 Å². The van der Waals surface area contributed by atoms with Crippen molar-refractivity contribution < 1.29 is 0 Å². The van der Waals surface area contributed by atoms with Crippen LogP contribution in [0.3, 0.4) is 0 Å².